The van der Waals surface area contributed by atoms with Crippen molar-refractivity contribution in [3.05, 3.63) is 0 Å². The van der Waals surface area contributed by atoms with E-state index < -0.39 is 0 Å². The van der Waals surface area contributed by atoms with Gasteiger partial charge in [0.2, 0.25) is 0 Å². The molecule has 5 nitrogen and oxygen atoms in total. The molecule has 0 amide bonds. The van der Waals surface area contributed by atoms with Gasteiger partial charge in [-0.3, -0.25) is 9.69 Å². The van der Waals surface area contributed by atoms with Crippen molar-refractivity contribution in [2.45, 2.75) is 58.7 Å². The second-order valence-corrected chi connectivity index (χ2v) is 6.32. The van der Waals surface area contributed by atoms with Gasteiger partial charge in [-0.1, -0.05) is 20.8 Å². The number of esters is 1. The van der Waals surface area contributed by atoms with Gasteiger partial charge in [-0.05, 0) is 19.8 Å². The fourth-order valence-electron chi connectivity index (χ4n) is 2.81. The summed E-state index contributed by atoms with van der Waals surface area (Å²) in [7, 11) is 1.46. The minimum atomic E-state index is -0.192. The lowest BCUT2D eigenvalue weighted by Crippen LogP contribution is -2.51. The van der Waals surface area contributed by atoms with E-state index in [0.717, 1.165) is 39.1 Å². The second kappa shape index (κ2) is 9.38. The van der Waals surface area contributed by atoms with E-state index in [1.807, 2.05) is 0 Å². The molecule has 5 heteroatoms. The van der Waals surface area contributed by atoms with Gasteiger partial charge in [0.1, 0.15) is 6.04 Å². The molecule has 2 unspecified atom stereocenters. The van der Waals surface area contributed by atoms with E-state index in [-0.39, 0.29) is 18.1 Å². The third-order valence-electron chi connectivity index (χ3n) is 4.38. The van der Waals surface area contributed by atoms with Crippen LogP contribution in [0.5, 0.6) is 0 Å². The predicted octanol–water partition coefficient (Wildman–Crippen LogP) is 1.33. The molecular weight excluding hydrogens is 266 g/mol. The van der Waals surface area contributed by atoms with Crippen LogP contribution in [-0.4, -0.2) is 73.7 Å². The van der Waals surface area contributed by atoms with Crippen LogP contribution in [0.3, 0.4) is 0 Å². The van der Waals surface area contributed by atoms with Crippen LogP contribution >= 0.6 is 0 Å². The molecule has 0 aromatic heterocycles. The highest BCUT2D eigenvalue weighted by molar-refractivity contribution is 5.75. The van der Waals surface area contributed by atoms with Crippen molar-refractivity contribution >= 4 is 5.97 Å². The van der Waals surface area contributed by atoms with E-state index in [4.69, 9.17) is 4.74 Å². The quantitative estimate of drug-likeness (QED) is 0.685. The Kier molecular flexibility index (Phi) is 8.22. The van der Waals surface area contributed by atoms with Gasteiger partial charge in [-0.25, -0.2) is 0 Å². The summed E-state index contributed by atoms with van der Waals surface area (Å²) in [4.78, 5) is 16.8. The van der Waals surface area contributed by atoms with Crippen LogP contribution in [0.15, 0.2) is 0 Å². The molecule has 0 aromatic rings. The molecule has 124 valence electrons. The zero-order valence-corrected chi connectivity index (χ0v) is 14.4. The Hall–Kier alpha value is -0.650. The average molecular weight is 299 g/mol. The van der Waals surface area contributed by atoms with Gasteiger partial charge in [0.05, 0.1) is 7.11 Å². The third-order valence-corrected chi connectivity index (χ3v) is 4.38. The molecule has 0 aromatic carbocycles. The average Bonchev–Trinajstić information content (AvgIpc) is 2.50. The van der Waals surface area contributed by atoms with Crippen molar-refractivity contribution in [3.8, 4) is 0 Å². The van der Waals surface area contributed by atoms with Crippen LogP contribution in [0.1, 0.15) is 40.5 Å². The monoisotopic (exact) mass is 299 g/mol. The summed E-state index contributed by atoms with van der Waals surface area (Å²) < 4.78 is 4.89. The first-order valence-electron chi connectivity index (χ1n) is 8.28. The van der Waals surface area contributed by atoms with Gasteiger partial charge in [-0.15, -0.1) is 0 Å². The Morgan fingerprint density at radius 2 is 1.81 bits per heavy atom. The fourth-order valence-corrected chi connectivity index (χ4v) is 2.81. The maximum atomic E-state index is 11.8. The lowest BCUT2D eigenvalue weighted by Gasteiger charge is -2.38. The summed E-state index contributed by atoms with van der Waals surface area (Å²) in [5.41, 5.74) is 0. The molecule has 1 saturated heterocycles. The first-order valence-corrected chi connectivity index (χ1v) is 8.28. The number of nitrogens with one attached hydrogen (secondary N) is 1. The Morgan fingerprint density at radius 1 is 1.19 bits per heavy atom. The molecule has 1 rings (SSSR count). The van der Waals surface area contributed by atoms with Gasteiger partial charge in [0.25, 0.3) is 0 Å². The molecule has 1 fully saturated rings. The molecule has 1 heterocycles. The molecule has 1 aliphatic rings. The number of piperazine rings is 1. The highest BCUT2D eigenvalue weighted by Crippen LogP contribution is 2.10. The van der Waals surface area contributed by atoms with Crippen molar-refractivity contribution < 1.29 is 9.53 Å². The Labute approximate surface area is 130 Å². The molecule has 1 aliphatic heterocycles. The summed E-state index contributed by atoms with van der Waals surface area (Å²) in [5.74, 6) is -0.151. The molecule has 0 radical (unpaired) electrons. The maximum Gasteiger partial charge on any atom is 0.322 e. The lowest BCUT2D eigenvalue weighted by atomic mass is 10.1. The molecule has 21 heavy (non-hydrogen) atoms. The maximum absolute atomic E-state index is 11.8. The standard InChI is InChI=1S/C16H33N3O2/c1-6-14(4)19-11-9-18(10-12-19)8-7-15(16(20)21-5)17-13(2)3/h13-15,17H,6-12H2,1-5H3. The summed E-state index contributed by atoms with van der Waals surface area (Å²) in [6.07, 6.45) is 2.02. The fraction of sp³-hybridized carbons (Fsp3) is 0.938. The van der Waals surface area contributed by atoms with Crippen LogP contribution in [0.2, 0.25) is 0 Å². The highest BCUT2D eigenvalue weighted by atomic mass is 16.5. The summed E-state index contributed by atoms with van der Waals surface area (Å²) in [6, 6.07) is 0.775. The smallest absolute Gasteiger partial charge is 0.322 e. The van der Waals surface area contributed by atoms with E-state index in [1.165, 1.54) is 13.5 Å². The zero-order chi connectivity index (χ0) is 15.8. The molecule has 1 N–H and O–H groups in total. The Morgan fingerprint density at radius 3 is 2.29 bits per heavy atom. The number of rotatable bonds is 8. The van der Waals surface area contributed by atoms with Gasteiger partial charge in [-0.2, -0.15) is 0 Å². The summed E-state index contributed by atoms with van der Waals surface area (Å²) in [5, 5.41) is 3.29. The van der Waals surface area contributed by atoms with Crippen molar-refractivity contribution in [1.82, 2.24) is 15.1 Å². The van der Waals surface area contributed by atoms with Gasteiger partial charge < -0.3 is 15.0 Å². The predicted molar refractivity (Wildman–Crippen MR) is 86.5 cm³/mol. The van der Waals surface area contributed by atoms with Crippen molar-refractivity contribution in [2.24, 2.45) is 0 Å². The van der Waals surface area contributed by atoms with Gasteiger partial charge >= 0.3 is 5.97 Å². The van der Waals surface area contributed by atoms with Gasteiger partial charge in [0.15, 0.2) is 0 Å². The van der Waals surface area contributed by atoms with Crippen LogP contribution in [0, 0.1) is 0 Å². The highest BCUT2D eigenvalue weighted by Gasteiger charge is 2.23. The van der Waals surface area contributed by atoms with E-state index in [0.29, 0.717) is 6.04 Å². The molecule has 2 atom stereocenters. The number of nitrogens with zero attached hydrogens (tertiary/aromatic N) is 2. The SMILES string of the molecule is CCC(C)N1CCN(CCC(NC(C)C)C(=O)OC)CC1. The van der Waals surface area contributed by atoms with Crippen LogP contribution < -0.4 is 5.32 Å². The van der Waals surface area contributed by atoms with E-state index in [1.54, 1.807) is 0 Å². The first kappa shape index (κ1) is 18.4. The second-order valence-electron chi connectivity index (χ2n) is 6.32. The molecule has 0 spiro atoms. The summed E-state index contributed by atoms with van der Waals surface area (Å²) in [6.45, 7) is 14.1. The van der Waals surface area contributed by atoms with Crippen molar-refractivity contribution in [2.75, 3.05) is 39.8 Å². The molecular formula is C16H33N3O2. The molecule has 0 aliphatic carbocycles. The first-order chi connectivity index (χ1) is 9.97. The lowest BCUT2D eigenvalue weighted by molar-refractivity contribution is -0.143. The Bertz CT molecular complexity index is 302. The topological polar surface area (TPSA) is 44.8 Å². The molecule has 0 bridgehead atoms. The van der Waals surface area contributed by atoms with E-state index in [9.17, 15) is 4.79 Å². The number of carbonyl (C=O) groups excluding carboxylic acids is 1. The van der Waals surface area contributed by atoms with Gasteiger partial charge in [0, 0.05) is 44.8 Å². The third kappa shape index (κ3) is 6.32. The van der Waals surface area contributed by atoms with Crippen LogP contribution in [0.25, 0.3) is 0 Å². The van der Waals surface area contributed by atoms with Crippen LogP contribution in [-0.2, 0) is 9.53 Å². The minimum absolute atomic E-state index is 0.151. The van der Waals surface area contributed by atoms with Crippen molar-refractivity contribution in [3.63, 3.8) is 0 Å². The summed E-state index contributed by atoms with van der Waals surface area (Å²) >= 11 is 0. The number of methoxy groups -OCH3 is 1. The van der Waals surface area contributed by atoms with Crippen molar-refractivity contribution in [1.29, 1.82) is 0 Å². The number of carbonyl (C=O) groups is 1. The Balaban J connectivity index is 2.35. The number of ether oxygens (including phenoxy) is 1. The molecule has 0 saturated carbocycles. The largest absolute Gasteiger partial charge is 0.468 e. The van der Waals surface area contributed by atoms with E-state index in [2.05, 4.69) is 42.8 Å². The zero-order valence-electron chi connectivity index (χ0n) is 14.4. The van der Waals surface area contributed by atoms with Crippen LogP contribution in [0.4, 0.5) is 0 Å². The number of hydrogen-bond donors (Lipinski definition) is 1. The number of hydrogen-bond acceptors (Lipinski definition) is 5. The van der Waals surface area contributed by atoms with E-state index >= 15 is 0 Å². The normalized spacial score (nSPS) is 20.5. The minimum Gasteiger partial charge on any atom is -0.468 e.